The van der Waals surface area contributed by atoms with Gasteiger partial charge in [0.05, 0.1) is 24.4 Å². The van der Waals surface area contributed by atoms with E-state index in [-0.39, 0.29) is 5.79 Å². The lowest BCUT2D eigenvalue weighted by Gasteiger charge is -2.39. The molecule has 3 heterocycles. The molecule has 1 aromatic carbocycles. The molecule has 2 aliphatic rings. The molecule has 5 heteroatoms. The molecule has 0 aliphatic carbocycles. The summed E-state index contributed by atoms with van der Waals surface area (Å²) in [6, 6.07) is 8.03. The highest BCUT2D eigenvalue weighted by atomic mass is 16.7. The predicted molar refractivity (Wildman–Crippen MR) is 82.2 cm³/mol. The van der Waals surface area contributed by atoms with E-state index in [9.17, 15) is 0 Å². The van der Waals surface area contributed by atoms with Crippen LogP contribution in [0.2, 0.25) is 0 Å². The van der Waals surface area contributed by atoms with E-state index in [1.807, 2.05) is 18.3 Å². The van der Waals surface area contributed by atoms with Gasteiger partial charge in [-0.3, -0.25) is 4.98 Å². The molecule has 0 bridgehead atoms. The number of nitrogens with zero attached hydrogens (tertiary/aromatic N) is 2. The second-order valence-corrected chi connectivity index (χ2v) is 5.67. The number of nitrogen functional groups attached to an aromatic ring is 1. The largest absolute Gasteiger partial charge is 0.397 e. The average molecular weight is 285 g/mol. The number of piperidine rings is 1. The molecule has 2 N–H and O–H groups in total. The van der Waals surface area contributed by atoms with Crippen LogP contribution < -0.4 is 10.6 Å². The standard InChI is InChI=1S/C16H19N3O2/c17-13-3-1-2-12-14(4-7-18-15(12)13)19-8-5-16(6-9-19)20-10-11-21-16/h1-4,7H,5-6,8-11,17H2. The van der Waals surface area contributed by atoms with Crippen LogP contribution in [0.3, 0.4) is 0 Å². The van der Waals surface area contributed by atoms with Crippen LogP contribution >= 0.6 is 0 Å². The molecule has 1 spiro atoms. The molecule has 2 fully saturated rings. The van der Waals surface area contributed by atoms with Crippen molar-refractivity contribution < 1.29 is 9.47 Å². The minimum Gasteiger partial charge on any atom is -0.397 e. The molecule has 21 heavy (non-hydrogen) atoms. The van der Waals surface area contributed by atoms with Crippen molar-refractivity contribution in [1.82, 2.24) is 4.98 Å². The van der Waals surface area contributed by atoms with Gasteiger partial charge in [0.2, 0.25) is 0 Å². The van der Waals surface area contributed by atoms with E-state index in [0.717, 1.165) is 42.5 Å². The summed E-state index contributed by atoms with van der Waals surface area (Å²) in [7, 11) is 0. The van der Waals surface area contributed by atoms with E-state index in [1.54, 1.807) is 0 Å². The quantitative estimate of drug-likeness (QED) is 0.814. The van der Waals surface area contributed by atoms with Gasteiger partial charge in [0, 0.05) is 43.2 Å². The van der Waals surface area contributed by atoms with Crippen LogP contribution in [-0.4, -0.2) is 37.1 Å². The van der Waals surface area contributed by atoms with Crippen molar-refractivity contribution in [2.45, 2.75) is 18.6 Å². The SMILES string of the molecule is Nc1cccc2c(N3CCC4(CC3)OCCO4)ccnc12. The Bertz CT molecular complexity index is 658. The number of aromatic nitrogens is 1. The number of pyridine rings is 1. The molecule has 4 rings (SSSR count). The fraction of sp³-hybridized carbons (Fsp3) is 0.438. The molecule has 0 amide bonds. The van der Waals surface area contributed by atoms with Gasteiger partial charge in [0.15, 0.2) is 5.79 Å². The first-order valence-electron chi connectivity index (χ1n) is 7.44. The van der Waals surface area contributed by atoms with Crippen LogP contribution in [0.25, 0.3) is 10.9 Å². The molecule has 5 nitrogen and oxygen atoms in total. The van der Waals surface area contributed by atoms with Gasteiger partial charge in [-0.1, -0.05) is 12.1 Å². The smallest absolute Gasteiger partial charge is 0.171 e. The lowest BCUT2D eigenvalue weighted by atomic mass is 10.0. The first-order valence-corrected chi connectivity index (χ1v) is 7.44. The maximum atomic E-state index is 6.03. The van der Waals surface area contributed by atoms with Crippen molar-refractivity contribution in [1.29, 1.82) is 0 Å². The van der Waals surface area contributed by atoms with Gasteiger partial charge in [-0.15, -0.1) is 0 Å². The Morgan fingerprint density at radius 3 is 2.62 bits per heavy atom. The number of nitrogens with two attached hydrogens (primary N) is 1. The van der Waals surface area contributed by atoms with Gasteiger partial charge in [0.25, 0.3) is 0 Å². The highest BCUT2D eigenvalue weighted by Gasteiger charge is 2.39. The van der Waals surface area contributed by atoms with Crippen molar-refractivity contribution in [3.63, 3.8) is 0 Å². The van der Waals surface area contributed by atoms with Crippen molar-refractivity contribution in [2.75, 3.05) is 36.9 Å². The van der Waals surface area contributed by atoms with Gasteiger partial charge < -0.3 is 20.1 Å². The average Bonchev–Trinajstić information content (AvgIpc) is 2.97. The van der Waals surface area contributed by atoms with Gasteiger partial charge in [-0.25, -0.2) is 0 Å². The van der Waals surface area contributed by atoms with E-state index in [4.69, 9.17) is 15.2 Å². The summed E-state index contributed by atoms with van der Waals surface area (Å²) in [6.45, 7) is 3.28. The van der Waals surface area contributed by atoms with Crippen molar-refractivity contribution in [3.8, 4) is 0 Å². The van der Waals surface area contributed by atoms with Crippen LogP contribution in [0.1, 0.15) is 12.8 Å². The normalized spacial score (nSPS) is 21.2. The first-order chi connectivity index (χ1) is 10.3. The molecule has 1 aromatic heterocycles. The second kappa shape index (κ2) is 4.86. The number of hydrogen-bond acceptors (Lipinski definition) is 5. The fourth-order valence-corrected chi connectivity index (χ4v) is 3.33. The van der Waals surface area contributed by atoms with Gasteiger partial charge in [-0.05, 0) is 12.1 Å². The number of fused-ring (bicyclic) bond motifs is 1. The molecule has 110 valence electrons. The molecule has 0 radical (unpaired) electrons. The maximum absolute atomic E-state index is 6.03. The van der Waals surface area contributed by atoms with E-state index in [0.29, 0.717) is 13.2 Å². The number of rotatable bonds is 1. The molecule has 0 unspecified atom stereocenters. The van der Waals surface area contributed by atoms with Crippen LogP contribution in [0.15, 0.2) is 30.5 Å². The van der Waals surface area contributed by atoms with E-state index < -0.39 is 0 Å². The third kappa shape index (κ3) is 2.13. The van der Waals surface area contributed by atoms with Gasteiger partial charge in [0.1, 0.15) is 0 Å². The molecule has 2 saturated heterocycles. The summed E-state index contributed by atoms with van der Waals surface area (Å²) in [4.78, 5) is 6.78. The Morgan fingerprint density at radius 2 is 1.86 bits per heavy atom. The Morgan fingerprint density at radius 1 is 1.10 bits per heavy atom. The Balaban J connectivity index is 1.64. The maximum Gasteiger partial charge on any atom is 0.171 e. The van der Waals surface area contributed by atoms with Gasteiger partial charge >= 0.3 is 0 Å². The zero-order valence-electron chi connectivity index (χ0n) is 11.9. The third-order valence-electron chi connectivity index (χ3n) is 4.46. The third-order valence-corrected chi connectivity index (χ3v) is 4.46. The molecular formula is C16H19N3O2. The monoisotopic (exact) mass is 285 g/mol. The topological polar surface area (TPSA) is 60.6 Å². The summed E-state index contributed by atoms with van der Waals surface area (Å²) < 4.78 is 11.6. The highest BCUT2D eigenvalue weighted by molar-refractivity contribution is 5.98. The molecule has 2 aliphatic heterocycles. The van der Waals surface area contributed by atoms with Gasteiger partial charge in [-0.2, -0.15) is 0 Å². The van der Waals surface area contributed by atoms with Crippen molar-refractivity contribution >= 4 is 22.3 Å². The summed E-state index contributed by atoms with van der Waals surface area (Å²) in [5.74, 6) is -0.335. The zero-order chi connectivity index (χ0) is 14.3. The van der Waals surface area contributed by atoms with Crippen LogP contribution in [0, 0.1) is 0 Å². The summed E-state index contributed by atoms with van der Waals surface area (Å²) in [6.07, 6.45) is 3.64. The first kappa shape index (κ1) is 12.9. The Hall–Kier alpha value is -1.85. The Kier molecular flexibility index (Phi) is 2.97. The number of anilines is 2. The zero-order valence-corrected chi connectivity index (χ0v) is 11.9. The number of para-hydroxylation sites is 1. The number of ether oxygens (including phenoxy) is 2. The van der Waals surface area contributed by atoms with Crippen LogP contribution in [0.5, 0.6) is 0 Å². The fourth-order valence-electron chi connectivity index (χ4n) is 3.33. The lowest BCUT2D eigenvalue weighted by Crippen LogP contribution is -2.45. The van der Waals surface area contributed by atoms with Crippen LogP contribution in [-0.2, 0) is 9.47 Å². The van der Waals surface area contributed by atoms with E-state index in [2.05, 4.69) is 22.0 Å². The summed E-state index contributed by atoms with van der Waals surface area (Å²) in [5.41, 5.74) is 8.83. The predicted octanol–water partition coefficient (Wildman–Crippen LogP) is 2.16. The summed E-state index contributed by atoms with van der Waals surface area (Å²) in [5, 5.41) is 1.11. The minimum atomic E-state index is -0.335. The van der Waals surface area contributed by atoms with Crippen molar-refractivity contribution in [2.24, 2.45) is 0 Å². The molecule has 0 saturated carbocycles. The van der Waals surface area contributed by atoms with Crippen LogP contribution in [0.4, 0.5) is 11.4 Å². The van der Waals surface area contributed by atoms with E-state index >= 15 is 0 Å². The lowest BCUT2D eigenvalue weighted by molar-refractivity contribution is -0.169. The van der Waals surface area contributed by atoms with E-state index in [1.165, 1.54) is 5.69 Å². The molecular weight excluding hydrogens is 266 g/mol. The molecule has 2 aromatic rings. The summed E-state index contributed by atoms with van der Waals surface area (Å²) >= 11 is 0. The minimum absolute atomic E-state index is 0.335. The number of benzene rings is 1. The second-order valence-electron chi connectivity index (χ2n) is 5.67. The Labute approximate surface area is 123 Å². The highest BCUT2D eigenvalue weighted by Crippen LogP contribution is 2.35. The van der Waals surface area contributed by atoms with Crippen molar-refractivity contribution in [3.05, 3.63) is 30.5 Å². The molecule has 0 atom stereocenters. The number of hydrogen-bond donors (Lipinski definition) is 1.